The molecule has 0 radical (unpaired) electrons. The van der Waals surface area contributed by atoms with E-state index in [1.807, 2.05) is 6.92 Å². The van der Waals surface area contributed by atoms with Crippen LogP contribution in [0.3, 0.4) is 0 Å². The number of carbonyl (C=O) groups is 2. The Balaban J connectivity index is 1.85. The van der Waals surface area contributed by atoms with E-state index in [1.54, 1.807) is 30.3 Å². The van der Waals surface area contributed by atoms with E-state index < -0.39 is 5.91 Å². The van der Waals surface area contributed by atoms with Crippen LogP contribution in [0.15, 0.2) is 39.9 Å². The molecule has 0 fully saturated rings. The van der Waals surface area contributed by atoms with Crippen LogP contribution < -0.4 is 15.5 Å². The van der Waals surface area contributed by atoms with Crippen molar-refractivity contribution in [2.75, 3.05) is 12.4 Å². The van der Waals surface area contributed by atoms with Crippen molar-refractivity contribution in [1.82, 2.24) is 5.43 Å². The van der Waals surface area contributed by atoms with Crippen molar-refractivity contribution in [1.29, 1.82) is 0 Å². The van der Waals surface area contributed by atoms with E-state index in [1.165, 1.54) is 13.3 Å². The lowest BCUT2D eigenvalue weighted by molar-refractivity contribution is -0.124. The van der Waals surface area contributed by atoms with Crippen LogP contribution in [-0.2, 0) is 9.59 Å². The van der Waals surface area contributed by atoms with Crippen molar-refractivity contribution in [2.24, 2.45) is 5.10 Å². The van der Waals surface area contributed by atoms with Crippen LogP contribution in [0, 0.1) is 6.92 Å². The first-order valence-electron chi connectivity index (χ1n) is 8.24. The fourth-order valence-electron chi connectivity index (χ4n) is 2.29. The zero-order valence-electron chi connectivity index (χ0n) is 15.3. The molecule has 0 unspecified atom stereocenters. The second-order valence-electron chi connectivity index (χ2n) is 5.85. The second kappa shape index (κ2) is 10.1. The minimum absolute atomic E-state index is 0.000617. The molecule has 0 bridgehead atoms. The Morgan fingerprint density at radius 1 is 1.25 bits per heavy atom. The van der Waals surface area contributed by atoms with Gasteiger partial charge in [0.25, 0.3) is 0 Å². The number of rotatable bonds is 7. The maximum Gasteiger partial charge on any atom is 0.240 e. The lowest BCUT2D eigenvalue weighted by atomic mass is 10.2. The fourth-order valence-corrected chi connectivity index (χ4v) is 2.97. The summed E-state index contributed by atoms with van der Waals surface area (Å²) in [4.78, 5) is 23.8. The van der Waals surface area contributed by atoms with E-state index in [-0.39, 0.29) is 30.2 Å². The monoisotopic (exact) mass is 467 g/mol. The third kappa shape index (κ3) is 6.24. The van der Waals surface area contributed by atoms with Crippen LogP contribution in [0.1, 0.15) is 24.0 Å². The van der Waals surface area contributed by atoms with Crippen molar-refractivity contribution in [3.63, 3.8) is 0 Å². The molecule has 0 atom stereocenters. The van der Waals surface area contributed by atoms with Crippen LogP contribution >= 0.6 is 27.5 Å². The van der Waals surface area contributed by atoms with Gasteiger partial charge in [0.05, 0.1) is 13.3 Å². The van der Waals surface area contributed by atoms with E-state index in [9.17, 15) is 14.7 Å². The van der Waals surface area contributed by atoms with Gasteiger partial charge in [-0.15, -0.1) is 0 Å². The predicted octanol–water partition coefficient (Wildman–Crippen LogP) is 3.99. The molecule has 0 spiro atoms. The topological polar surface area (TPSA) is 100 Å². The smallest absolute Gasteiger partial charge is 0.240 e. The standard InChI is InChI=1S/C19H19BrClN3O4/c1-11-7-14(21)3-4-15(11)23-17(25)5-6-18(26)24-22-10-12-8-13(20)9-16(28-2)19(12)27/h3-4,7-10,27H,5-6H2,1-2H3,(H,23,25)(H,24,26)/b22-10-. The third-order valence-corrected chi connectivity index (χ3v) is 4.42. The molecule has 0 aliphatic carbocycles. The summed E-state index contributed by atoms with van der Waals surface area (Å²) in [6.07, 6.45) is 1.25. The fraction of sp³-hybridized carbons (Fsp3) is 0.211. The van der Waals surface area contributed by atoms with Gasteiger partial charge >= 0.3 is 0 Å². The molecule has 7 nitrogen and oxygen atoms in total. The predicted molar refractivity (Wildman–Crippen MR) is 112 cm³/mol. The highest BCUT2D eigenvalue weighted by Gasteiger charge is 2.10. The minimum Gasteiger partial charge on any atom is -0.504 e. The van der Waals surface area contributed by atoms with Gasteiger partial charge in [-0.1, -0.05) is 27.5 Å². The number of nitrogens with zero attached hydrogens (tertiary/aromatic N) is 1. The molecule has 2 aromatic carbocycles. The maximum absolute atomic E-state index is 12.0. The van der Waals surface area contributed by atoms with Gasteiger partial charge < -0.3 is 15.2 Å². The molecule has 2 aromatic rings. The van der Waals surface area contributed by atoms with Crippen LogP contribution in [0.5, 0.6) is 11.5 Å². The quantitative estimate of drug-likeness (QED) is 0.422. The minimum atomic E-state index is -0.430. The second-order valence-corrected chi connectivity index (χ2v) is 7.20. The first-order valence-corrected chi connectivity index (χ1v) is 9.41. The van der Waals surface area contributed by atoms with E-state index in [0.29, 0.717) is 20.7 Å². The zero-order valence-corrected chi connectivity index (χ0v) is 17.6. The van der Waals surface area contributed by atoms with Gasteiger partial charge in [-0.05, 0) is 42.8 Å². The number of hydrazone groups is 1. The first kappa shape index (κ1) is 21.7. The molecule has 0 aromatic heterocycles. The lowest BCUT2D eigenvalue weighted by Gasteiger charge is -2.08. The molecule has 0 heterocycles. The summed E-state index contributed by atoms with van der Waals surface area (Å²) in [6.45, 7) is 1.83. The van der Waals surface area contributed by atoms with Crippen LogP contribution in [-0.4, -0.2) is 30.2 Å². The van der Waals surface area contributed by atoms with Crippen molar-refractivity contribution >= 4 is 51.2 Å². The van der Waals surface area contributed by atoms with Gasteiger partial charge in [0, 0.05) is 33.6 Å². The Kier molecular flexibility index (Phi) is 7.83. The molecule has 0 aliphatic heterocycles. The summed E-state index contributed by atoms with van der Waals surface area (Å²) in [7, 11) is 1.43. The van der Waals surface area contributed by atoms with Crippen LogP contribution in [0.25, 0.3) is 0 Å². The van der Waals surface area contributed by atoms with Gasteiger partial charge in [-0.3, -0.25) is 9.59 Å². The summed E-state index contributed by atoms with van der Waals surface area (Å²) in [5.41, 5.74) is 4.16. The molecular formula is C19H19BrClN3O4. The number of halogens is 2. The molecule has 9 heteroatoms. The molecule has 2 rings (SSSR count). The molecule has 28 heavy (non-hydrogen) atoms. The largest absolute Gasteiger partial charge is 0.504 e. The summed E-state index contributed by atoms with van der Waals surface area (Å²) >= 11 is 9.17. The van der Waals surface area contributed by atoms with E-state index in [0.717, 1.165) is 5.56 Å². The zero-order chi connectivity index (χ0) is 20.7. The van der Waals surface area contributed by atoms with E-state index >= 15 is 0 Å². The highest BCUT2D eigenvalue weighted by molar-refractivity contribution is 9.10. The lowest BCUT2D eigenvalue weighted by Crippen LogP contribution is -2.20. The Morgan fingerprint density at radius 3 is 2.64 bits per heavy atom. The van der Waals surface area contributed by atoms with Gasteiger partial charge in [0.2, 0.25) is 11.8 Å². The Hall–Kier alpha value is -2.58. The van der Waals surface area contributed by atoms with Crippen molar-refractivity contribution < 1.29 is 19.4 Å². The summed E-state index contributed by atoms with van der Waals surface area (Å²) < 4.78 is 5.73. The summed E-state index contributed by atoms with van der Waals surface area (Å²) in [5.74, 6) is -0.544. The van der Waals surface area contributed by atoms with Gasteiger partial charge in [-0.2, -0.15) is 5.10 Å². The van der Waals surface area contributed by atoms with Crippen molar-refractivity contribution in [3.8, 4) is 11.5 Å². The highest BCUT2D eigenvalue weighted by Crippen LogP contribution is 2.32. The first-order chi connectivity index (χ1) is 13.3. The van der Waals surface area contributed by atoms with Crippen molar-refractivity contribution in [2.45, 2.75) is 19.8 Å². The molecule has 0 saturated carbocycles. The van der Waals surface area contributed by atoms with E-state index in [4.69, 9.17) is 16.3 Å². The summed E-state index contributed by atoms with van der Waals surface area (Å²) in [5, 5.41) is 17.1. The SMILES string of the molecule is COc1cc(Br)cc(/C=N\NC(=O)CCC(=O)Nc2ccc(Cl)cc2C)c1O. The molecular weight excluding hydrogens is 450 g/mol. The number of anilines is 1. The molecule has 3 N–H and O–H groups in total. The number of amides is 2. The number of phenols is 1. The Morgan fingerprint density at radius 2 is 1.96 bits per heavy atom. The van der Waals surface area contributed by atoms with Crippen molar-refractivity contribution in [3.05, 3.63) is 51.0 Å². The van der Waals surface area contributed by atoms with Gasteiger partial charge in [0.1, 0.15) is 0 Å². The molecule has 2 amide bonds. The number of aryl methyl sites for hydroxylation is 1. The number of carbonyl (C=O) groups excluding carboxylic acids is 2. The highest BCUT2D eigenvalue weighted by atomic mass is 79.9. The van der Waals surface area contributed by atoms with Crippen LogP contribution in [0.4, 0.5) is 5.69 Å². The number of hydrogen-bond donors (Lipinski definition) is 3. The Bertz CT molecular complexity index is 918. The number of ether oxygens (including phenoxy) is 1. The van der Waals surface area contributed by atoms with Gasteiger partial charge in [-0.25, -0.2) is 5.43 Å². The summed E-state index contributed by atoms with van der Waals surface area (Å²) in [6, 6.07) is 8.35. The number of nitrogens with one attached hydrogen (secondary N) is 2. The number of hydrogen-bond acceptors (Lipinski definition) is 5. The molecule has 148 valence electrons. The van der Waals surface area contributed by atoms with Crippen LogP contribution in [0.2, 0.25) is 5.02 Å². The number of benzene rings is 2. The van der Waals surface area contributed by atoms with Gasteiger partial charge in [0.15, 0.2) is 11.5 Å². The average Bonchev–Trinajstić information content (AvgIpc) is 2.64. The average molecular weight is 469 g/mol. The normalized spacial score (nSPS) is 10.7. The molecule has 0 saturated heterocycles. The third-order valence-electron chi connectivity index (χ3n) is 3.72. The maximum atomic E-state index is 12.0. The number of methoxy groups -OCH3 is 1. The Labute approximate surface area is 175 Å². The number of phenolic OH excluding ortho intramolecular Hbond substituents is 1. The molecule has 0 aliphatic rings. The van der Waals surface area contributed by atoms with E-state index in [2.05, 4.69) is 31.8 Å². The number of aromatic hydroxyl groups is 1.